The fraction of sp³-hybridized carbons (Fsp3) is 0.562. The first kappa shape index (κ1) is 16.4. The van der Waals surface area contributed by atoms with E-state index in [-0.39, 0.29) is 29.9 Å². The Labute approximate surface area is 130 Å². The van der Waals surface area contributed by atoms with Gasteiger partial charge in [-0.1, -0.05) is 6.07 Å². The van der Waals surface area contributed by atoms with Crippen LogP contribution < -0.4 is 5.32 Å². The first-order chi connectivity index (χ1) is 10.6. The van der Waals surface area contributed by atoms with Gasteiger partial charge in [-0.2, -0.15) is 0 Å². The van der Waals surface area contributed by atoms with E-state index in [4.69, 9.17) is 9.47 Å². The van der Waals surface area contributed by atoms with E-state index in [1.807, 2.05) is 0 Å². The molecule has 2 rings (SSSR count). The Morgan fingerprint density at radius 1 is 1.23 bits per heavy atom. The summed E-state index contributed by atoms with van der Waals surface area (Å²) in [6.07, 6.45) is 3.96. The van der Waals surface area contributed by atoms with Gasteiger partial charge in [0.2, 0.25) is 0 Å². The van der Waals surface area contributed by atoms with Crippen molar-refractivity contribution in [3.8, 4) is 0 Å². The molecular formula is C16H22N2O4. The van der Waals surface area contributed by atoms with Crippen LogP contribution in [-0.2, 0) is 9.47 Å². The number of methoxy groups -OCH3 is 1. The van der Waals surface area contributed by atoms with Crippen molar-refractivity contribution in [2.75, 3.05) is 13.7 Å². The highest BCUT2D eigenvalue weighted by Gasteiger charge is 2.23. The molecule has 0 saturated heterocycles. The van der Waals surface area contributed by atoms with Gasteiger partial charge in [-0.15, -0.1) is 0 Å². The highest BCUT2D eigenvalue weighted by atomic mass is 16.5. The maximum Gasteiger partial charge on any atom is 0.356 e. The van der Waals surface area contributed by atoms with Crippen LogP contribution >= 0.6 is 0 Å². The molecule has 1 aliphatic rings. The Bertz CT molecular complexity index is 525. The molecule has 0 aromatic carbocycles. The van der Waals surface area contributed by atoms with Crippen LogP contribution in [0.5, 0.6) is 0 Å². The van der Waals surface area contributed by atoms with Crippen molar-refractivity contribution in [2.24, 2.45) is 0 Å². The molecule has 1 amide bonds. The van der Waals surface area contributed by atoms with E-state index in [0.29, 0.717) is 6.10 Å². The van der Waals surface area contributed by atoms with Crippen LogP contribution in [0.1, 0.15) is 53.6 Å². The molecule has 1 heterocycles. The molecule has 1 N–H and O–H groups in total. The lowest BCUT2D eigenvalue weighted by molar-refractivity contribution is 0.0519. The van der Waals surface area contributed by atoms with Gasteiger partial charge in [0.25, 0.3) is 5.91 Å². The van der Waals surface area contributed by atoms with Crippen molar-refractivity contribution < 1.29 is 19.1 Å². The topological polar surface area (TPSA) is 77.5 Å². The number of nitrogens with one attached hydrogen (secondary N) is 1. The molecule has 1 aromatic heterocycles. The summed E-state index contributed by atoms with van der Waals surface area (Å²) in [6, 6.07) is 4.90. The summed E-state index contributed by atoms with van der Waals surface area (Å²) in [6.45, 7) is 2.00. The fourth-order valence-corrected chi connectivity index (χ4v) is 2.58. The molecule has 0 aliphatic heterocycles. The van der Waals surface area contributed by atoms with Gasteiger partial charge in [-0.05, 0) is 44.7 Å². The monoisotopic (exact) mass is 306 g/mol. The summed E-state index contributed by atoms with van der Waals surface area (Å²) in [7, 11) is 1.72. The number of carbonyl (C=O) groups excluding carboxylic acids is 2. The molecule has 1 aliphatic carbocycles. The Balaban J connectivity index is 1.95. The normalized spacial score (nSPS) is 21.2. The van der Waals surface area contributed by atoms with E-state index in [2.05, 4.69) is 10.3 Å². The van der Waals surface area contributed by atoms with Crippen molar-refractivity contribution in [3.63, 3.8) is 0 Å². The zero-order valence-electron chi connectivity index (χ0n) is 13.0. The zero-order valence-corrected chi connectivity index (χ0v) is 13.0. The van der Waals surface area contributed by atoms with Crippen LogP contribution in [0.3, 0.4) is 0 Å². The zero-order chi connectivity index (χ0) is 15.9. The summed E-state index contributed by atoms with van der Waals surface area (Å²) in [5, 5.41) is 2.97. The first-order valence-corrected chi connectivity index (χ1v) is 7.62. The molecule has 0 spiro atoms. The fourth-order valence-electron chi connectivity index (χ4n) is 2.58. The van der Waals surface area contributed by atoms with Gasteiger partial charge in [-0.25, -0.2) is 9.78 Å². The van der Waals surface area contributed by atoms with Crippen molar-refractivity contribution >= 4 is 11.9 Å². The number of esters is 1. The molecule has 1 aromatic rings. The lowest BCUT2D eigenvalue weighted by Crippen LogP contribution is -2.39. The summed E-state index contributed by atoms with van der Waals surface area (Å²) in [5.41, 5.74) is 0.386. The second kappa shape index (κ2) is 7.89. The number of hydrogen-bond acceptors (Lipinski definition) is 5. The molecule has 0 radical (unpaired) electrons. The summed E-state index contributed by atoms with van der Waals surface area (Å²) >= 11 is 0. The molecule has 1 fully saturated rings. The van der Waals surface area contributed by atoms with Gasteiger partial charge in [-0.3, -0.25) is 4.79 Å². The third-order valence-electron chi connectivity index (χ3n) is 3.81. The van der Waals surface area contributed by atoms with Gasteiger partial charge >= 0.3 is 5.97 Å². The minimum atomic E-state index is -0.516. The van der Waals surface area contributed by atoms with E-state index >= 15 is 0 Å². The van der Waals surface area contributed by atoms with E-state index < -0.39 is 5.97 Å². The Morgan fingerprint density at radius 2 is 1.91 bits per heavy atom. The number of hydrogen-bond donors (Lipinski definition) is 1. The summed E-state index contributed by atoms with van der Waals surface area (Å²) in [5.74, 6) is -0.773. The molecule has 6 nitrogen and oxygen atoms in total. The second-order valence-corrected chi connectivity index (χ2v) is 5.31. The maximum atomic E-state index is 12.2. The molecular weight excluding hydrogens is 284 g/mol. The quantitative estimate of drug-likeness (QED) is 0.841. The average Bonchev–Trinajstić information content (AvgIpc) is 2.56. The number of nitrogens with zero attached hydrogens (tertiary/aromatic N) is 1. The average molecular weight is 306 g/mol. The van der Waals surface area contributed by atoms with Crippen molar-refractivity contribution in [3.05, 3.63) is 29.6 Å². The Kier molecular flexibility index (Phi) is 5.89. The number of carbonyl (C=O) groups is 2. The first-order valence-electron chi connectivity index (χ1n) is 7.62. The molecule has 120 valence electrons. The van der Waals surface area contributed by atoms with E-state index in [1.54, 1.807) is 32.2 Å². The third kappa shape index (κ3) is 4.27. The largest absolute Gasteiger partial charge is 0.461 e. The van der Waals surface area contributed by atoms with Crippen LogP contribution in [0.2, 0.25) is 0 Å². The Hall–Kier alpha value is -1.95. The smallest absolute Gasteiger partial charge is 0.356 e. The van der Waals surface area contributed by atoms with Crippen LogP contribution in [0.4, 0.5) is 0 Å². The molecule has 1 saturated carbocycles. The molecule has 0 atom stereocenters. The van der Waals surface area contributed by atoms with E-state index in [0.717, 1.165) is 25.7 Å². The third-order valence-corrected chi connectivity index (χ3v) is 3.81. The summed E-state index contributed by atoms with van der Waals surface area (Å²) < 4.78 is 10.2. The van der Waals surface area contributed by atoms with E-state index in [1.165, 1.54) is 0 Å². The van der Waals surface area contributed by atoms with Gasteiger partial charge in [0.05, 0.1) is 12.7 Å². The van der Waals surface area contributed by atoms with Crippen LogP contribution in [0, 0.1) is 0 Å². The molecule has 22 heavy (non-hydrogen) atoms. The number of rotatable bonds is 5. The van der Waals surface area contributed by atoms with Crippen LogP contribution in [0.15, 0.2) is 18.2 Å². The SMILES string of the molecule is CCOC(=O)c1cccc(C(=O)NC2CCC(OC)CC2)n1. The van der Waals surface area contributed by atoms with Gasteiger partial charge in [0.1, 0.15) is 11.4 Å². The van der Waals surface area contributed by atoms with Gasteiger partial charge < -0.3 is 14.8 Å². The number of aromatic nitrogens is 1. The Morgan fingerprint density at radius 3 is 2.55 bits per heavy atom. The molecule has 6 heteroatoms. The van der Waals surface area contributed by atoms with Crippen molar-refractivity contribution in [2.45, 2.75) is 44.8 Å². The lowest BCUT2D eigenvalue weighted by atomic mass is 9.93. The standard InChI is InChI=1S/C16H22N2O4/c1-3-22-16(20)14-6-4-5-13(18-14)15(19)17-11-7-9-12(21-2)10-8-11/h4-6,11-12H,3,7-10H2,1-2H3,(H,17,19). The minimum Gasteiger partial charge on any atom is -0.461 e. The number of pyridine rings is 1. The summed E-state index contributed by atoms with van der Waals surface area (Å²) in [4.78, 5) is 28.0. The maximum absolute atomic E-state index is 12.2. The molecule has 0 unspecified atom stereocenters. The van der Waals surface area contributed by atoms with Crippen LogP contribution in [-0.4, -0.2) is 42.7 Å². The van der Waals surface area contributed by atoms with Crippen molar-refractivity contribution in [1.29, 1.82) is 0 Å². The van der Waals surface area contributed by atoms with Crippen LogP contribution in [0.25, 0.3) is 0 Å². The van der Waals surface area contributed by atoms with Gasteiger partial charge in [0, 0.05) is 13.2 Å². The lowest BCUT2D eigenvalue weighted by Gasteiger charge is -2.28. The highest BCUT2D eigenvalue weighted by molar-refractivity contribution is 5.94. The number of amides is 1. The molecule has 0 bridgehead atoms. The number of ether oxygens (including phenoxy) is 2. The second-order valence-electron chi connectivity index (χ2n) is 5.31. The minimum absolute atomic E-state index is 0.131. The predicted octanol–water partition coefficient (Wildman–Crippen LogP) is 1.95. The van der Waals surface area contributed by atoms with E-state index in [9.17, 15) is 9.59 Å². The van der Waals surface area contributed by atoms with Gasteiger partial charge in [0.15, 0.2) is 0 Å². The highest BCUT2D eigenvalue weighted by Crippen LogP contribution is 2.20. The van der Waals surface area contributed by atoms with Crippen molar-refractivity contribution in [1.82, 2.24) is 10.3 Å². The predicted molar refractivity (Wildman–Crippen MR) is 80.7 cm³/mol.